The molecule has 6 nitrogen and oxygen atoms in total. The van der Waals surface area contributed by atoms with Crippen LogP contribution >= 0.6 is 11.8 Å². The van der Waals surface area contributed by atoms with Crippen molar-refractivity contribution in [2.24, 2.45) is 5.92 Å². The van der Waals surface area contributed by atoms with Gasteiger partial charge < -0.3 is 14.7 Å². The minimum absolute atomic E-state index is 0.0475. The molecule has 0 N–H and O–H groups in total. The van der Waals surface area contributed by atoms with E-state index >= 15 is 0 Å². The van der Waals surface area contributed by atoms with Crippen LogP contribution in [-0.4, -0.2) is 83.3 Å². The van der Waals surface area contributed by atoms with E-state index < -0.39 is 11.4 Å². The highest BCUT2D eigenvalue weighted by Crippen LogP contribution is 2.37. The van der Waals surface area contributed by atoms with Gasteiger partial charge in [0.25, 0.3) is 5.91 Å². The molecule has 1 aromatic rings. The summed E-state index contributed by atoms with van der Waals surface area (Å²) >= 11 is -0.379. The number of aromatic nitrogens is 1. The number of carbonyl (C=O) groups excluding carboxylic acids is 2. The second kappa shape index (κ2) is 8.69. The van der Waals surface area contributed by atoms with Gasteiger partial charge >= 0.3 is 5.51 Å². The molecule has 0 aliphatic carbocycles. The first-order valence-corrected chi connectivity index (χ1v) is 10.0. The van der Waals surface area contributed by atoms with Gasteiger partial charge in [0.1, 0.15) is 5.03 Å². The molecule has 0 bridgehead atoms. The maximum absolute atomic E-state index is 12.7. The Morgan fingerprint density at radius 2 is 1.71 bits per heavy atom. The van der Waals surface area contributed by atoms with Gasteiger partial charge in [-0.2, -0.15) is 13.2 Å². The number of hydrogen-bond acceptors (Lipinski definition) is 5. The first-order chi connectivity index (χ1) is 13.2. The molecule has 3 heterocycles. The van der Waals surface area contributed by atoms with Crippen LogP contribution in [0.1, 0.15) is 23.2 Å². The second-order valence-electron chi connectivity index (χ2n) is 7.10. The van der Waals surface area contributed by atoms with E-state index in [4.69, 9.17) is 0 Å². The number of nitrogens with zero attached hydrogens (tertiary/aromatic N) is 4. The van der Waals surface area contributed by atoms with Crippen molar-refractivity contribution in [3.05, 3.63) is 23.9 Å². The molecule has 2 amide bonds. The van der Waals surface area contributed by atoms with E-state index in [0.717, 1.165) is 13.1 Å². The Bertz CT molecular complexity index is 715. The van der Waals surface area contributed by atoms with Crippen molar-refractivity contribution >= 4 is 23.6 Å². The highest BCUT2D eigenvalue weighted by molar-refractivity contribution is 8.00. The third-order valence-corrected chi connectivity index (χ3v) is 5.91. The lowest BCUT2D eigenvalue weighted by molar-refractivity contribution is -0.138. The van der Waals surface area contributed by atoms with Crippen LogP contribution in [0.5, 0.6) is 0 Å². The Labute approximate surface area is 166 Å². The minimum Gasteiger partial charge on any atom is -0.340 e. The van der Waals surface area contributed by atoms with Gasteiger partial charge in [0.2, 0.25) is 5.91 Å². The lowest BCUT2D eigenvalue weighted by atomic mass is 9.94. The monoisotopic (exact) mass is 416 g/mol. The number of likely N-dealkylation sites (tertiary alicyclic amines) is 1. The molecule has 2 fully saturated rings. The topological polar surface area (TPSA) is 56.8 Å². The first kappa shape index (κ1) is 20.9. The Morgan fingerprint density at radius 3 is 2.32 bits per heavy atom. The molecule has 1 aromatic heterocycles. The molecule has 2 aliphatic rings. The molecule has 0 saturated carbocycles. The fraction of sp³-hybridized carbons (Fsp3) is 0.611. The Balaban J connectivity index is 1.59. The highest BCUT2D eigenvalue weighted by Gasteiger charge is 2.35. The molecule has 0 unspecified atom stereocenters. The Hall–Kier alpha value is -1.81. The Kier molecular flexibility index (Phi) is 6.49. The van der Waals surface area contributed by atoms with Gasteiger partial charge in [-0.05, 0) is 32.0 Å². The predicted molar refractivity (Wildman–Crippen MR) is 98.9 cm³/mol. The van der Waals surface area contributed by atoms with Crippen LogP contribution in [-0.2, 0) is 4.79 Å². The summed E-state index contributed by atoms with van der Waals surface area (Å²) in [6, 6.07) is 2.82. The van der Waals surface area contributed by atoms with Gasteiger partial charge in [-0.1, -0.05) is 0 Å². The van der Waals surface area contributed by atoms with Crippen molar-refractivity contribution < 1.29 is 22.8 Å². The normalized spacial score (nSPS) is 19.7. The minimum atomic E-state index is -4.51. The molecular formula is C18H23F3N4O2S. The third kappa shape index (κ3) is 5.16. The number of hydrogen-bond donors (Lipinski definition) is 0. The first-order valence-electron chi connectivity index (χ1n) is 9.22. The Morgan fingerprint density at radius 1 is 1.07 bits per heavy atom. The van der Waals surface area contributed by atoms with Crippen molar-refractivity contribution in [3.63, 3.8) is 0 Å². The number of piperidine rings is 1. The highest BCUT2D eigenvalue weighted by atomic mass is 32.2. The molecule has 0 radical (unpaired) electrons. The average molecular weight is 416 g/mol. The number of pyridine rings is 1. The molecule has 28 heavy (non-hydrogen) atoms. The van der Waals surface area contributed by atoms with E-state index in [9.17, 15) is 22.8 Å². The van der Waals surface area contributed by atoms with E-state index in [1.165, 1.54) is 23.2 Å². The fourth-order valence-electron chi connectivity index (χ4n) is 3.53. The largest absolute Gasteiger partial charge is 0.447 e. The number of thioether (sulfide) groups is 1. The number of alkyl halides is 3. The average Bonchev–Trinajstić information content (AvgIpc) is 2.67. The van der Waals surface area contributed by atoms with Crippen LogP contribution in [0, 0.1) is 5.92 Å². The molecule has 154 valence electrons. The van der Waals surface area contributed by atoms with E-state index in [-0.39, 0.29) is 34.2 Å². The smallest absolute Gasteiger partial charge is 0.340 e. The molecule has 2 saturated heterocycles. The van der Waals surface area contributed by atoms with Crippen LogP contribution < -0.4 is 0 Å². The number of halogens is 3. The summed E-state index contributed by atoms with van der Waals surface area (Å²) in [7, 11) is 2.02. The molecule has 0 spiro atoms. The summed E-state index contributed by atoms with van der Waals surface area (Å²) in [5.74, 6) is -0.481. The summed E-state index contributed by atoms with van der Waals surface area (Å²) in [5, 5.41) is -0.337. The van der Waals surface area contributed by atoms with Crippen LogP contribution in [0.2, 0.25) is 0 Å². The van der Waals surface area contributed by atoms with Crippen molar-refractivity contribution in [1.82, 2.24) is 19.7 Å². The SMILES string of the molecule is CN1CCN(C(=O)C2CCN(C(=O)c3cccnc3SC(F)(F)F)CC2)CC1. The van der Waals surface area contributed by atoms with Gasteiger partial charge in [0.15, 0.2) is 0 Å². The molecule has 0 atom stereocenters. The van der Waals surface area contributed by atoms with Crippen molar-refractivity contribution in [2.45, 2.75) is 23.4 Å². The van der Waals surface area contributed by atoms with Gasteiger partial charge in [0, 0.05) is 63.1 Å². The van der Waals surface area contributed by atoms with Gasteiger partial charge in [-0.3, -0.25) is 9.59 Å². The summed E-state index contributed by atoms with van der Waals surface area (Å²) in [6.45, 7) is 3.83. The van der Waals surface area contributed by atoms with Crippen LogP contribution in [0.4, 0.5) is 13.2 Å². The summed E-state index contributed by atoms with van der Waals surface area (Å²) in [6.07, 6.45) is 2.30. The molecule has 10 heteroatoms. The summed E-state index contributed by atoms with van der Waals surface area (Å²) in [4.78, 5) is 34.7. The zero-order chi connectivity index (χ0) is 20.3. The van der Waals surface area contributed by atoms with Crippen LogP contribution in [0.25, 0.3) is 0 Å². The van der Waals surface area contributed by atoms with E-state index in [1.807, 2.05) is 11.9 Å². The maximum Gasteiger partial charge on any atom is 0.447 e. The zero-order valence-electron chi connectivity index (χ0n) is 15.6. The lowest BCUT2D eigenvalue weighted by Gasteiger charge is -2.37. The van der Waals surface area contributed by atoms with Gasteiger partial charge in [-0.25, -0.2) is 4.98 Å². The van der Waals surface area contributed by atoms with Crippen LogP contribution in [0.15, 0.2) is 23.4 Å². The predicted octanol–water partition coefficient (Wildman–Crippen LogP) is 2.32. The van der Waals surface area contributed by atoms with E-state index in [2.05, 4.69) is 9.88 Å². The number of amides is 2. The van der Waals surface area contributed by atoms with Gasteiger partial charge in [0.05, 0.1) is 5.56 Å². The van der Waals surface area contributed by atoms with Crippen molar-refractivity contribution in [3.8, 4) is 0 Å². The quantitative estimate of drug-likeness (QED) is 0.708. The van der Waals surface area contributed by atoms with Crippen molar-refractivity contribution in [2.75, 3.05) is 46.3 Å². The number of carbonyl (C=O) groups is 2. The molecule has 3 rings (SSSR count). The lowest BCUT2D eigenvalue weighted by Crippen LogP contribution is -2.51. The molecule has 0 aromatic carbocycles. The van der Waals surface area contributed by atoms with E-state index in [1.54, 1.807) is 0 Å². The maximum atomic E-state index is 12.7. The van der Waals surface area contributed by atoms with Crippen molar-refractivity contribution in [1.29, 1.82) is 0 Å². The third-order valence-electron chi connectivity index (χ3n) is 5.16. The standard InChI is InChI=1S/C18H23F3N4O2S/c1-23-9-11-25(12-10-23)16(26)13-4-7-24(8-5-13)17(27)14-3-2-6-22-15(14)28-18(19,20)21/h2-3,6,13H,4-5,7-12H2,1H3. The zero-order valence-corrected chi connectivity index (χ0v) is 16.4. The fourth-order valence-corrected chi connectivity index (χ4v) is 4.13. The summed E-state index contributed by atoms with van der Waals surface area (Å²) in [5.41, 5.74) is -4.56. The molecular weight excluding hydrogens is 393 g/mol. The van der Waals surface area contributed by atoms with E-state index in [0.29, 0.717) is 39.0 Å². The number of piperazine rings is 1. The summed E-state index contributed by atoms with van der Waals surface area (Å²) < 4.78 is 38.2. The van der Waals surface area contributed by atoms with Crippen LogP contribution in [0.3, 0.4) is 0 Å². The number of likely N-dealkylation sites (N-methyl/N-ethyl adjacent to an activating group) is 1. The second-order valence-corrected chi connectivity index (χ2v) is 8.15. The van der Waals surface area contributed by atoms with Gasteiger partial charge in [-0.15, -0.1) is 0 Å². The number of rotatable bonds is 3. The molecule has 2 aliphatic heterocycles.